The number of nitrogens with one attached hydrogen (secondary N) is 2. The summed E-state index contributed by atoms with van der Waals surface area (Å²) in [5.74, 6) is 0. The first-order chi connectivity index (χ1) is 16.1. The van der Waals surface area contributed by atoms with Crippen molar-refractivity contribution in [3.05, 3.63) is 143 Å². The molecule has 3 heteroatoms. The van der Waals surface area contributed by atoms with E-state index in [4.69, 9.17) is 12.2 Å². The number of thiocarbonyl (C=S) groups is 1. The number of hydrogen-bond donors (Lipinski definition) is 2. The molecule has 0 bridgehead atoms. The van der Waals surface area contributed by atoms with Crippen LogP contribution in [0.15, 0.2) is 115 Å². The lowest BCUT2D eigenvalue weighted by atomic mass is 9.77. The Morgan fingerprint density at radius 1 is 0.697 bits per heavy atom. The third-order valence-corrected chi connectivity index (χ3v) is 6.38. The molecule has 0 fully saturated rings. The Hall–Kier alpha value is -3.43. The highest BCUT2D eigenvalue weighted by molar-refractivity contribution is 7.80. The molecule has 0 aliphatic carbocycles. The van der Waals surface area contributed by atoms with Gasteiger partial charge in [-0.25, -0.2) is 0 Å². The van der Waals surface area contributed by atoms with Crippen molar-refractivity contribution >= 4 is 17.3 Å². The summed E-state index contributed by atoms with van der Waals surface area (Å²) in [7, 11) is 0. The van der Waals surface area contributed by atoms with Gasteiger partial charge in [0.1, 0.15) is 5.54 Å². The van der Waals surface area contributed by atoms with Crippen LogP contribution in [0, 0.1) is 0 Å². The zero-order valence-electron chi connectivity index (χ0n) is 19.2. The summed E-state index contributed by atoms with van der Waals surface area (Å²) in [6.07, 6.45) is 1.04. The molecule has 0 aliphatic rings. The van der Waals surface area contributed by atoms with Gasteiger partial charge in [0.2, 0.25) is 0 Å². The van der Waals surface area contributed by atoms with Gasteiger partial charge in [-0.15, -0.1) is 0 Å². The molecule has 0 aromatic heterocycles. The standard InChI is InChI=1S/C30H30N2S/c1-3-24-19-21-25(22-20-24)23(2)31-29(33)32-30(26-13-7-4-8-14-26,27-15-9-5-10-16-27)28-17-11-6-12-18-28/h4-23H,3H2,1-2H3,(H2,31,32,33). The van der Waals surface area contributed by atoms with Crippen molar-refractivity contribution in [3.8, 4) is 0 Å². The highest BCUT2D eigenvalue weighted by Crippen LogP contribution is 2.36. The third kappa shape index (κ3) is 4.99. The molecule has 2 nitrogen and oxygen atoms in total. The zero-order valence-corrected chi connectivity index (χ0v) is 20.0. The third-order valence-electron chi connectivity index (χ3n) is 6.16. The van der Waals surface area contributed by atoms with Crippen molar-refractivity contribution in [1.29, 1.82) is 0 Å². The topological polar surface area (TPSA) is 24.1 Å². The van der Waals surface area contributed by atoms with Crippen molar-refractivity contribution in [2.24, 2.45) is 0 Å². The maximum Gasteiger partial charge on any atom is 0.168 e. The predicted octanol–water partition coefficient (Wildman–Crippen LogP) is 6.77. The van der Waals surface area contributed by atoms with E-state index in [1.165, 1.54) is 11.1 Å². The van der Waals surface area contributed by atoms with Gasteiger partial charge in [-0.05, 0) is 53.4 Å². The molecule has 0 saturated heterocycles. The van der Waals surface area contributed by atoms with Crippen LogP contribution in [0.1, 0.15) is 47.7 Å². The van der Waals surface area contributed by atoms with Crippen molar-refractivity contribution in [1.82, 2.24) is 10.6 Å². The second kappa shape index (κ2) is 10.5. The molecule has 0 saturated carbocycles. The van der Waals surface area contributed by atoms with Gasteiger partial charge in [0.15, 0.2) is 5.11 Å². The molecule has 0 spiro atoms. The Balaban J connectivity index is 1.72. The van der Waals surface area contributed by atoms with Gasteiger partial charge in [0, 0.05) is 0 Å². The minimum atomic E-state index is -0.625. The SMILES string of the molecule is CCc1ccc(C(C)NC(=S)NC(c2ccccc2)(c2ccccc2)c2ccccc2)cc1. The van der Waals surface area contributed by atoms with Gasteiger partial charge in [0.05, 0.1) is 6.04 Å². The Morgan fingerprint density at radius 3 is 1.52 bits per heavy atom. The van der Waals surface area contributed by atoms with Gasteiger partial charge in [-0.1, -0.05) is 122 Å². The maximum atomic E-state index is 5.90. The first-order valence-corrected chi connectivity index (χ1v) is 11.9. The molecule has 4 aromatic rings. The van der Waals surface area contributed by atoms with E-state index < -0.39 is 5.54 Å². The molecule has 4 rings (SSSR count). The molecule has 1 unspecified atom stereocenters. The quantitative estimate of drug-likeness (QED) is 0.240. The normalized spacial score (nSPS) is 12.1. The van der Waals surface area contributed by atoms with E-state index in [1.807, 2.05) is 18.2 Å². The second-order valence-corrected chi connectivity index (χ2v) is 8.67. The smallest absolute Gasteiger partial charge is 0.168 e. The molecule has 33 heavy (non-hydrogen) atoms. The van der Waals surface area contributed by atoms with Crippen LogP contribution in [0.4, 0.5) is 0 Å². The predicted molar refractivity (Wildman–Crippen MR) is 142 cm³/mol. The van der Waals surface area contributed by atoms with Crippen LogP contribution in [-0.2, 0) is 12.0 Å². The first-order valence-electron chi connectivity index (χ1n) is 11.5. The van der Waals surface area contributed by atoms with Crippen molar-refractivity contribution < 1.29 is 0 Å². The summed E-state index contributed by atoms with van der Waals surface area (Å²) in [6.45, 7) is 4.32. The lowest BCUT2D eigenvalue weighted by Crippen LogP contribution is -2.51. The summed E-state index contributed by atoms with van der Waals surface area (Å²) in [6, 6.07) is 40.3. The van der Waals surface area contributed by atoms with E-state index in [-0.39, 0.29) is 6.04 Å². The summed E-state index contributed by atoms with van der Waals surface area (Å²) >= 11 is 5.90. The Morgan fingerprint density at radius 2 is 1.12 bits per heavy atom. The number of aryl methyl sites for hydroxylation is 1. The van der Waals surface area contributed by atoms with Gasteiger partial charge in [-0.3, -0.25) is 0 Å². The van der Waals surface area contributed by atoms with Gasteiger partial charge in [0.25, 0.3) is 0 Å². The van der Waals surface area contributed by atoms with Crippen LogP contribution < -0.4 is 10.6 Å². The van der Waals surface area contributed by atoms with Crippen molar-refractivity contribution in [2.45, 2.75) is 31.8 Å². The Kier molecular flexibility index (Phi) is 7.21. The largest absolute Gasteiger partial charge is 0.356 e. The van der Waals surface area contributed by atoms with Crippen LogP contribution in [0.25, 0.3) is 0 Å². The van der Waals surface area contributed by atoms with Crippen molar-refractivity contribution in [2.75, 3.05) is 0 Å². The summed E-state index contributed by atoms with van der Waals surface area (Å²) in [5, 5.41) is 7.85. The average molecular weight is 451 g/mol. The fourth-order valence-corrected chi connectivity index (χ4v) is 4.64. The Labute approximate surface area is 202 Å². The average Bonchev–Trinajstić information content (AvgIpc) is 2.89. The van der Waals surface area contributed by atoms with E-state index in [2.05, 4.69) is 122 Å². The lowest BCUT2D eigenvalue weighted by molar-refractivity contribution is 0.557. The fraction of sp³-hybridized carbons (Fsp3) is 0.167. The summed E-state index contributed by atoms with van der Waals surface area (Å²) in [5.41, 5.74) is 5.31. The van der Waals surface area contributed by atoms with E-state index in [0.29, 0.717) is 5.11 Å². The van der Waals surface area contributed by atoms with Crippen LogP contribution in [0.5, 0.6) is 0 Å². The van der Waals surface area contributed by atoms with Gasteiger partial charge in [-0.2, -0.15) is 0 Å². The highest BCUT2D eigenvalue weighted by Gasteiger charge is 2.37. The molecule has 0 amide bonds. The summed E-state index contributed by atoms with van der Waals surface area (Å²) < 4.78 is 0. The van der Waals surface area contributed by atoms with Crippen molar-refractivity contribution in [3.63, 3.8) is 0 Å². The molecule has 166 valence electrons. The molecule has 0 radical (unpaired) electrons. The monoisotopic (exact) mass is 450 g/mol. The molecule has 0 aliphatic heterocycles. The minimum Gasteiger partial charge on any atom is -0.356 e. The van der Waals surface area contributed by atoms with E-state index >= 15 is 0 Å². The number of benzene rings is 4. The van der Waals surface area contributed by atoms with Crippen LogP contribution in [0.2, 0.25) is 0 Å². The molecule has 0 heterocycles. The molecule has 1 atom stereocenters. The maximum absolute atomic E-state index is 5.90. The molecule has 2 N–H and O–H groups in total. The highest BCUT2D eigenvalue weighted by atomic mass is 32.1. The number of hydrogen-bond acceptors (Lipinski definition) is 1. The molecular weight excluding hydrogens is 420 g/mol. The second-order valence-electron chi connectivity index (χ2n) is 8.26. The lowest BCUT2D eigenvalue weighted by Gasteiger charge is -2.38. The number of rotatable bonds is 7. The molecular formula is C30H30N2S. The zero-order chi connectivity index (χ0) is 23.1. The van der Waals surface area contributed by atoms with Crippen LogP contribution in [0.3, 0.4) is 0 Å². The first kappa shape index (κ1) is 22.8. The molecule has 4 aromatic carbocycles. The van der Waals surface area contributed by atoms with Gasteiger partial charge < -0.3 is 10.6 Å². The van der Waals surface area contributed by atoms with E-state index in [0.717, 1.165) is 23.1 Å². The minimum absolute atomic E-state index is 0.0796. The Bertz CT molecular complexity index is 1060. The summed E-state index contributed by atoms with van der Waals surface area (Å²) in [4.78, 5) is 0. The van der Waals surface area contributed by atoms with Crippen LogP contribution >= 0.6 is 12.2 Å². The van der Waals surface area contributed by atoms with Gasteiger partial charge >= 0.3 is 0 Å². The van der Waals surface area contributed by atoms with Crippen LogP contribution in [-0.4, -0.2) is 5.11 Å². The van der Waals surface area contributed by atoms with E-state index in [9.17, 15) is 0 Å². The fourth-order valence-electron chi connectivity index (χ4n) is 4.31. The van der Waals surface area contributed by atoms with E-state index in [1.54, 1.807) is 0 Å².